The molecule has 4 N–H and O–H groups in total. The van der Waals surface area contributed by atoms with Crippen molar-refractivity contribution in [2.75, 3.05) is 44.2 Å². The predicted octanol–water partition coefficient (Wildman–Crippen LogP) is 2.38. The maximum atomic E-state index is 5.61. The minimum atomic E-state index is 0.469. The number of benzene rings is 1. The van der Waals surface area contributed by atoms with E-state index in [-0.39, 0.29) is 0 Å². The van der Waals surface area contributed by atoms with Gasteiger partial charge in [-0.25, -0.2) is 0 Å². The van der Waals surface area contributed by atoms with E-state index in [1.165, 1.54) is 22.6 Å². The van der Waals surface area contributed by atoms with Gasteiger partial charge in [-0.2, -0.15) is 0 Å². The number of hydrogen-bond acceptors (Lipinski definition) is 6. The lowest BCUT2D eigenvalue weighted by molar-refractivity contribution is 0.290. The Morgan fingerprint density at radius 2 is 2.00 bits per heavy atom. The Bertz CT molecular complexity index is 870. The molecule has 158 valence electrons. The third-order valence-corrected chi connectivity index (χ3v) is 5.97. The van der Waals surface area contributed by atoms with E-state index in [9.17, 15) is 0 Å². The molecule has 0 radical (unpaired) electrons. The molecule has 0 aliphatic carbocycles. The van der Waals surface area contributed by atoms with Crippen molar-refractivity contribution in [1.29, 1.82) is 0 Å². The second-order valence-electron chi connectivity index (χ2n) is 7.99. The summed E-state index contributed by atoms with van der Waals surface area (Å²) in [5.74, 6) is 1.79. The van der Waals surface area contributed by atoms with Crippen molar-refractivity contribution in [1.82, 2.24) is 20.5 Å². The summed E-state index contributed by atoms with van der Waals surface area (Å²) in [5, 5.41) is 6.96. The van der Waals surface area contributed by atoms with Gasteiger partial charge in [0.2, 0.25) is 0 Å². The van der Waals surface area contributed by atoms with Gasteiger partial charge in [-0.15, -0.1) is 0 Å². The number of pyridine rings is 1. The molecule has 3 heterocycles. The highest BCUT2D eigenvalue weighted by Crippen LogP contribution is 2.26. The van der Waals surface area contributed by atoms with E-state index in [2.05, 4.69) is 68.4 Å². The summed E-state index contributed by atoms with van der Waals surface area (Å²) in [6, 6.07) is 13.0. The Kier molecular flexibility index (Phi) is 6.54. The molecule has 0 spiro atoms. The highest BCUT2D eigenvalue weighted by Gasteiger charge is 2.23. The standard InChI is InChI=1S/C24H32N6/c1-19(15-25)27-16-20-4-2-5-21(14-20)22-7-8-24(28-17-22)30-12-10-29(11-13-30)23-6-3-9-26-18-23/h2-6,8-9,14,18,22,27-28H,1,7,10-13,15-17,25H2. The zero-order valence-electron chi connectivity index (χ0n) is 17.6. The van der Waals surface area contributed by atoms with Crippen LogP contribution in [0, 0.1) is 0 Å². The van der Waals surface area contributed by atoms with Crippen LogP contribution in [-0.4, -0.2) is 49.2 Å². The molecule has 1 fully saturated rings. The van der Waals surface area contributed by atoms with Gasteiger partial charge in [0.1, 0.15) is 0 Å². The summed E-state index contributed by atoms with van der Waals surface area (Å²) in [6.07, 6.45) is 7.22. The number of rotatable bonds is 7. The molecule has 1 saturated heterocycles. The minimum Gasteiger partial charge on any atom is -0.384 e. The van der Waals surface area contributed by atoms with Crippen LogP contribution in [-0.2, 0) is 6.54 Å². The van der Waals surface area contributed by atoms with E-state index in [0.29, 0.717) is 12.5 Å². The highest BCUT2D eigenvalue weighted by molar-refractivity contribution is 5.44. The van der Waals surface area contributed by atoms with E-state index >= 15 is 0 Å². The number of hydrogen-bond donors (Lipinski definition) is 3. The average molecular weight is 405 g/mol. The van der Waals surface area contributed by atoms with Gasteiger partial charge in [0.05, 0.1) is 17.7 Å². The molecule has 2 aliphatic heterocycles. The molecule has 0 saturated carbocycles. The fourth-order valence-corrected chi connectivity index (χ4v) is 4.13. The lowest BCUT2D eigenvalue weighted by Gasteiger charge is -2.40. The van der Waals surface area contributed by atoms with Gasteiger partial charge in [0, 0.05) is 63.6 Å². The summed E-state index contributed by atoms with van der Waals surface area (Å²) in [5.41, 5.74) is 10.3. The molecule has 4 rings (SSSR count). The molecule has 0 bridgehead atoms. The zero-order valence-corrected chi connectivity index (χ0v) is 17.6. The van der Waals surface area contributed by atoms with E-state index in [4.69, 9.17) is 5.73 Å². The average Bonchev–Trinajstić information content (AvgIpc) is 2.83. The largest absolute Gasteiger partial charge is 0.384 e. The SMILES string of the molecule is C=C(CN)NCc1cccc(C2CC=C(N3CCN(c4cccnc4)CC3)NC2)c1. The van der Waals surface area contributed by atoms with Crippen molar-refractivity contribution in [2.24, 2.45) is 5.73 Å². The van der Waals surface area contributed by atoms with Gasteiger partial charge in [-0.1, -0.05) is 30.8 Å². The fraction of sp³-hybridized carbons (Fsp3) is 0.375. The molecule has 1 aromatic heterocycles. The van der Waals surface area contributed by atoms with Crippen molar-refractivity contribution in [3.05, 3.63) is 84.1 Å². The molecule has 1 unspecified atom stereocenters. The summed E-state index contributed by atoms with van der Waals surface area (Å²) in [6.45, 7) is 10.2. The normalized spacial score (nSPS) is 19.1. The molecule has 2 aromatic rings. The molecule has 6 heteroatoms. The first kappa shape index (κ1) is 20.3. The Labute approximate surface area is 179 Å². The maximum Gasteiger partial charge on any atom is 0.0973 e. The maximum absolute atomic E-state index is 5.61. The monoisotopic (exact) mass is 404 g/mol. The zero-order chi connectivity index (χ0) is 20.8. The number of aromatic nitrogens is 1. The van der Waals surface area contributed by atoms with Crippen LogP contribution in [0.1, 0.15) is 23.5 Å². The van der Waals surface area contributed by atoms with Gasteiger partial charge in [0.15, 0.2) is 0 Å². The first-order chi connectivity index (χ1) is 14.7. The Hall–Kier alpha value is -2.99. The quantitative estimate of drug-likeness (QED) is 0.658. The lowest BCUT2D eigenvalue weighted by atomic mass is 9.92. The third-order valence-electron chi connectivity index (χ3n) is 5.97. The number of piperazine rings is 1. The van der Waals surface area contributed by atoms with Gasteiger partial charge in [-0.05, 0) is 35.8 Å². The van der Waals surface area contributed by atoms with Crippen LogP contribution in [0.5, 0.6) is 0 Å². The molecular formula is C24H32N6. The summed E-state index contributed by atoms with van der Waals surface area (Å²) in [7, 11) is 0. The van der Waals surface area contributed by atoms with Crippen LogP contribution < -0.4 is 21.3 Å². The number of nitrogens with zero attached hydrogens (tertiary/aromatic N) is 3. The molecule has 30 heavy (non-hydrogen) atoms. The number of nitrogens with two attached hydrogens (primary N) is 1. The van der Waals surface area contributed by atoms with Crippen LogP contribution in [0.25, 0.3) is 0 Å². The number of nitrogens with one attached hydrogen (secondary N) is 2. The number of anilines is 1. The lowest BCUT2D eigenvalue weighted by Crippen LogP contribution is -2.49. The fourth-order valence-electron chi connectivity index (χ4n) is 4.13. The van der Waals surface area contributed by atoms with Crippen LogP contribution in [0.3, 0.4) is 0 Å². The smallest absolute Gasteiger partial charge is 0.0973 e. The van der Waals surface area contributed by atoms with Gasteiger partial charge in [-0.3, -0.25) is 4.98 Å². The van der Waals surface area contributed by atoms with E-state index in [1.807, 2.05) is 18.5 Å². The minimum absolute atomic E-state index is 0.469. The predicted molar refractivity (Wildman–Crippen MR) is 123 cm³/mol. The Morgan fingerprint density at radius 1 is 1.17 bits per heavy atom. The summed E-state index contributed by atoms with van der Waals surface area (Å²) >= 11 is 0. The highest BCUT2D eigenvalue weighted by atomic mass is 15.3. The van der Waals surface area contributed by atoms with E-state index < -0.39 is 0 Å². The number of allylic oxidation sites excluding steroid dienone is 1. The second-order valence-corrected chi connectivity index (χ2v) is 7.99. The van der Waals surface area contributed by atoms with Crippen molar-refractivity contribution < 1.29 is 0 Å². The molecule has 0 amide bonds. The van der Waals surface area contributed by atoms with Crippen molar-refractivity contribution in [3.8, 4) is 0 Å². The van der Waals surface area contributed by atoms with Crippen LogP contribution in [0.15, 0.2) is 73.0 Å². The molecule has 1 atom stereocenters. The third kappa shape index (κ3) is 4.94. The first-order valence-corrected chi connectivity index (χ1v) is 10.8. The van der Waals surface area contributed by atoms with Crippen LogP contribution >= 0.6 is 0 Å². The second kappa shape index (κ2) is 9.67. The van der Waals surface area contributed by atoms with Gasteiger partial charge < -0.3 is 26.2 Å². The van der Waals surface area contributed by atoms with Crippen molar-refractivity contribution in [2.45, 2.75) is 18.9 Å². The molecule has 2 aliphatic rings. The molecule has 1 aromatic carbocycles. The topological polar surface area (TPSA) is 69.5 Å². The van der Waals surface area contributed by atoms with Crippen molar-refractivity contribution in [3.63, 3.8) is 0 Å². The molecule has 6 nitrogen and oxygen atoms in total. The summed E-state index contributed by atoms with van der Waals surface area (Å²) in [4.78, 5) is 9.13. The first-order valence-electron chi connectivity index (χ1n) is 10.8. The Morgan fingerprint density at radius 3 is 2.70 bits per heavy atom. The van der Waals surface area contributed by atoms with Crippen LogP contribution in [0.2, 0.25) is 0 Å². The summed E-state index contributed by atoms with van der Waals surface area (Å²) < 4.78 is 0. The van der Waals surface area contributed by atoms with Gasteiger partial charge >= 0.3 is 0 Å². The Balaban J connectivity index is 1.31. The van der Waals surface area contributed by atoms with Crippen LogP contribution in [0.4, 0.5) is 5.69 Å². The van der Waals surface area contributed by atoms with E-state index in [1.54, 1.807) is 0 Å². The molecular weight excluding hydrogens is 372 g/mol. The van der Waals surface area contributed by atoms with Gasteiger partial charge in [0.25, 0.3) is 0 Å². The van der Waals surface area contributed by atoms with Crippen molar-refractivity contribution >= 4 is 5.69 Å². The van der Waals surface area contributed by atoms with E-state index in [0.717, 1.165) is 51.4 Å².